The maximum absolute atomic E-state index is 12.4. The van der Waals surface area contributed by atoms with Crippen LogP contribution in [0.4, 0.5) is 4.39 Å². The van der Waals surface area contributed by atoms with Crippen molar-refractivity contribution in [1.29, 1.82) is 0 Å². The first-order valence-corrected chi connectivity index (χ1v) is 4.74. The molecule has 1 aromatic rings. The third-order valence-electron chi connectivity index (χ3n) is 1.30. The molecular weight excluding hydrogens is 219 g/mol. The van der Waals surface area contributed by atoms with E-state index in [1.54, 1.807) is 0 Å². The lowest BCUT2D eigenvalue weighted by Crippen LogP contribution is -1.99. The first-order chi connectivity index (χ1) is 6.09. The summed E-state index contributed by atoms with van der Waals surface area (Å²) in [5.41, 5.74) is -0.628. The van der Waals surface area contributed by atoms with E-state index in [9.17, 15) is 8.60 Å². The molecular formula is C7H6ClFO3S. The molecule has 0 spiro atoms. The van der Waals surface area contributed by atoms with Gasteiger partial charge in [-0.1, -0.05) is 23.7 Å². The van der Waals surface area contributed by atoms with Crippen LogP contribution in [0.3, 0.4) is 0 Å². The molecule has 0 fully saturated rings. The quantitative estimate of drug-likeness (QED) is 0.633. The van der Waals surface area contributed by atoms with Gasteiger partial charge in [-0.3, -0.25) is 4.55 Å². The molecule has 0 bridgehead atoms. The van der Waals surface area contributed by atoms with Crippen molar-refractivity contribution in [3.05, 3.63) is 35.6 Å². The Kier molecular flexibility index (Phi) is 3.80. The Balaban J connectivity index is 2.71. The zero-order valence-corrected chi connectivity index (χ0v) is 7.89. The van der Waals surface area contributed by atoms with E-state index in [1.807, 2.05) is 0 Å². The Morgan fingerprint density at radius 3 is 2.46 bits per heavy atom. The molecule has 3 nitrogen and oxygen atoms in total. The monoisotopic (exact) mass is 224 g/mol. The number of halogens is 2. The van der Waals surface area contributed by atoms with Gasteiger partial charge in [-0.25, -0.2) is 8.57 Å². The fourth-order valence-corrected chi connectivity index (χ4v) is 1.33. The molecule has 0 amide bonds. The third-order valence-corrected chi connectivity index (χ3v) is 2.10. The third kappa shape index (κ3) is 3.40. The van der Waals surface area contributed by atoms with Gasteiger partial charge in [0.25, 0.3) is 0 Å². The van der Waals surface area contributed by atoms with Gasteiger partial charge in [0.1, 0.15) is 5.82 Å². The van der Waals surface area contributed by atoms with Gasteiger partial charge in [0, 0.05) is 0 Å². The van der Waals surface area contributed by atoms with E-state index in [4.69, 9.17) is 16.2 Å². The summed E-state index contributed by atoms with van der Waals surface area (Å²) in [4.78, 5) is 0. The zero-order valence-electron chi connectivity index (χ0n) is 6.31. The number of benzene rings is 1. The molecule has 0 aliphatic rings. The molecule has 1 aromatic carbocycles. The van der Waals surface area contributed by atoms with Crippen LogP contribution in [0.5, 0.6) is 0 Å². The summed E-state index contributed by atoms with van der Waals surface area (Å²) in [5, 5.41) is 0. The molecule has 0 aliphatic carbocycles. The minimum atomic E-state index is -2.43. The number of hydrogen-bond donors (Lipinski definition) is 1. The standard InChI is InChI=1S/C7H6ClFO3S/c8-7(12-13(10)11)5-1-3-6(9)4-2-5/h1-4,7H,(H,10,11). The van der Waals surface area contributed by atoms with E-state index in [-0.39, 0.29) is 0 Å². The normalized spacial score (nSPS) is 15.3. The van der Waals surface area contributed by atoms with Crippen molar-refractivity contribution >= 4 is 23.0 Å². The fraction of sp³-hybridized carbons (Fsp3) is 0.143. The highest BCUT2D eigenvalue weighted by Crippen LogP contribution is 2.22. The molecule has 1 rings (SSSR count). The average molecular weight is 225 g/mol. The summed E-state index contributed by atoms with van der Waals surface area (Å²) < 4.78 is 35.3. The fourth-order valence-electron chi connectivity index (χ4n) is 0.742. The van der Waals surface area contributed by atoms with Crippen molar-refractivity contribution < 1.29 is 17.3 Å². The Morgan fingerprint density at radius 2 is 2.00 bits per heavy atom. The van der Waals surface area contributed by atoms with Crippen LogP contribution in [0.15, 0.2) is 24.3 Å². The van der Waals surface area contributed by atoms with Crippen molar-refractivity contribution in [2.45, 2.75) is 5.56 Å². The molecule has 2 atom stereocenters. The van der Waals surface area contributed by atoms with Crippen LogP contribution in [0.2, 0.25) is 0 Å². The predicted octanol–water partition coefficient (Wildman–Crippen LogP) is 2.22. The molecule has 0 aliphatic heterocycles. The summed E-state index contributed by atoms with van der Waals surface area (Å²) in [6.45, 7) is 0. The van der Waals surface area contributed by atoms with E-state index in [1.165, 1.54) is 24.3 Å². The minimum absolute atomic E-state index is 0.405. The first-order valence-electron chi connectivity index (χ1n) is 3.27. The zero-order chi connectivity index (χ0) is 9.84. The summed E-state index contributed by atoms with van der Waals surface area (Å²) in [6.07, 6.45) is 0. The van der Waals surface area contributed by atoms with Gasteiger partial charge in [-0.2, -0.15) is 4.21 Å². The highest BCUT2D eigenvalue weighted by Gasteiger charge is 2.10. The summed E-state index contributed by atoms with van der Waals surface area (Å²) in [7, 11) is 0. The highest BCUT2D eigenvalue weighted by molar-refractivity contribution is 7.74. The Labute approximate surface area is 82.0 Å². The maximum atomic E-state index is 12.4. The lowest BCUT2D eigenvalue weighted by Gasteiger charge is -2.06. The molecule has 0 saturated carbocycles. The second-order valence-corrected chi connectivity index (χ2v) is 3.20. The van der Waals surface area contributed by atoms with Crippen LogP contribution < -0.4 is 0 Å². The van der Waals surface area contributed by atoms with Gasteiger partial charge in [-0.05, 0) is 17.7 Å². The Bertz CT molecular complexity index is 303. The maximum Gasteiger partial charge on any atom is 0.303 e. The van der Waals surface area contributed by atoms with E-state index in [2.05, 4.69) is 4.18 Å². The molecule has 0 radical (unpaired) electrons. The van der Waals surface area contributed by atoms with Crippen LogP contribution in [-0.4, -0.2) is 8.76 Å². The number of hydrogen-bond acceptors (Lipinski definition) is 2. The van der Waals surface area contributed by atoms with Crippen molar-refractivity contribution in [2.24, 2.45) is 0 Å². The summed E-state index contributed by atoms with van der Waals surface area (Å²) in [6, 6.07) is 5.13. The molecule has 2 unspecified atom stereocenters. The van der Waals surface area contributed by atoms with Crippen molar-refractivity contribution in [1.82, 2.24) is 0 Å². The summed E-state index contributed by atoms with van der Waals surface area (Å²) >= 11 is 3.13. The van der Waals surface area contributed by atoms with E-state index >= 15 is 0 Å². The largest absolute Gasteiger partial charge is 0.303 e. The minimum Gasteiger partial charge on any atom is -0.284 e. The molecule has 0 aromatic heterocycles. The highest BCUT2D eigenvalue weighted by atomic mass is 35.5. The van der Waals surface area contributed by atoms with Gasteiger partial charge < -0.3 is 0 Å². The Morgan fingerprint density at radius 1 is 1.46 bits per heavy atom. The molecule has 0 heterocycles. The summed E-state index contributed by atoms with van der Waals surface area (Å²) in [5.74, 6) is -0.405. The molecule has 0 saturated heterocycles. The van der Waals surface area contributed by atoms with Gasteiger partial charge >= 0.3 is 11.4 Å². The van der Waals surface area contributed by atoms with E-state index in [0.29, 0.717) is 5.56 Å². The lowest BCUT2D eigenvalue weighted by molar-refractivity contribution is 0.282. The topological polar surface area (TPSA) is 46.5 Å². The molecule has 13 heavy (non-hydrogen) atoms. The predicted molar refractivity (Wildman–Crippen MR) is 46.9 cm³/mol. The van der Waals surface area contributed by atoms with E-state index in [0.717, 1.165) is 0 Å². The second-order valence-electron chi connectivity index (χ2n) is 2.18. The van der Waals surface area contributed by atoms with Crippen LogP contribution in [0, 0.1) is 5.82 Å². The molecule has 1 N–H and O–H groups in total. The van der Waals surface area contributed by atoms with Crippen LogP contribution in [0.25, 0.3) is 0 Å². The van der Waals surface area contributed by atoms with Gasteiger partial charge in [-0.15, -0.1) is 0 Å². The Hall–Kier alpha value is -0.490. The second kappa shape index (κ2) is 4.66. The SMILES string of the molecule is O=S(O)OC(Cl)c1ccc(F)cc1. The lowest BCUT2D eigenvalue weighted by atomic mass is 10.2. The van der Waals surface area contributed by atoms with Gasteiger partial charge in [0.15, 0.2) is 5.56 Å². The van der Waals surface area contributed by atoms with Gasteiger partial charge in [0.2, 0.25) is 0 Å². The number of rotatable bonds is 3. The van der Waals surface area contributed by atoms with Crippen LogP contribution >= 0.6 is 11.6 Å². The first kappa shape index (κ1) is 10.6. The molecule has 6 heteroatoms. The van der Waals surface area contributed by atoms with Crippen LogP contribution in [0.1, 0.15) is 11.1 Å². The number of alkyl halides is 1. The smallest absolute Gasteiger partial charge is 0.284 e. The average Bonchev–Trinajstić information content (AvgIpc) is 2.04. The van der Waals surface area contributed by atoms with E-state index < -0.39 is 22.7 Å². The van der Waals surface area contributed by atoms with Crippen molar-refractivity contribution in [2.75, 3.05) is 0 Å². The van der Waals surface area contributed by atoms with Crippen molar-refractivity contribution in [3.63, 3.8) is 0 Å². The van der Waals surface area contributed by atoms with Crippen LogP contribution in [-0.2, 0) is 15.5 Å². The molecule has 72 valence electrons. The van der Waals surface area contributed by atoms with Crippen molar-refractivity contribution in [3.8, 4) is 0 Å². The van der Waals surface area contributed by atoms with Gasteiger partial charge in [0.05, 0.1) is 0 Å².